The summed E-state index contributed by atoms with van der Waals surface area (Å²) in [5.74, 6) is 7.05. The number of ether oxygens (including phenoxy) is 2. The Morgan fingerprint density at radius 2 is 2.12 bits per heavy atom. The number of aliphatic hydroxyl groups excluding tert-OH is 1. The van der Waals surface area contributed by atoms with Gasteiger partial charge in [-0.3, -0.25) is 4.79 Å². The fourth-order valence-corrected chi connectivity index (χ4v) is 4.06. The van der Waals surface area contributed by atoms with Gasteiger partial charge in [-0.2, -0.15) is 0 Å². The van der Waals surface area contributed by atoms with E-state index in [1.807, 2.05) is 31.2 Å². The summed E-state index contributed by atoms with van der Waals surface area (Å²) in [7, 11) is 3.68. The van der Waals surface area contributed by atoms with Crippen LogP contribution in [0.5, 0.6) is 11.6 Å². The highest BCUT2D eigenvalue weighted by molar-refractivity contribution is 5.97. The van der Waals surface area contributed by atoms with E-state index >= 15 is 0 Å². The summed E-state index contributed by atoms with van der Waals surface area (Å²) in [6, 6.07) is 8.92. The number of carbonyl (C=O) groups is 1. The number of amides is 1. The van der Waals surface area contributed by atoms with Gasteiger partial charge in [-0.25, -0.2) is 4.98 Å². The summed E-state index contributed by atoms with van der Waals surface area (Å²) in [6.45, 7) is 8.13. The van der Waals surface area contributed by atoms with Crippen molar-refractivity contribution in [3.63, 3.8) is 0 Å². The maximum atomic E-state index is 13.5. The Labute approximate surface area is 202 Å². The Kier molecular flexibility index (Phi) is 8.91. The van der Waals surface area contributed by atoms with Crippen LogP contribution in [0.1, 0.15) is 48.7 Å². The predicted molar refractivity (Wildman–Crippen MR) is 132 cm³/mol. The minimum atomic E-state index is -0.321. The molecule has 182 valence electrons. The number of fused-ring (bicyclic) bond motifs is 1. The van der Waals surface area contributed by atoms with Crippen LogP contribution in [0.2, 0.25) is 0 Å². The number of pyridine rings is 1. The summed E-state index contributed by atoms with van der Waals surface area (Å²) in [5, 5.41) is 9.81. The number of para-hydroxylation sites is 1. The van der Waals surface area contributed by atoms with E-state index in [1.165, 1.54) is 0 Å². The third kappa shape index (κ3) is 6.07. The van der Waals surface area contributed by atoms with Crippen molar-refractivity contribution < 1.29 is 19.4 Å². The molecule has 0 bridgehead atoms. The second-order valence-corrected chi connectivity index (χ2v) is 8.91. The molecule has 1 aromatic heterocycles. The molecule has 0 saturated carbocycles. The first-order valence-corrected chi connectivity index (χ1v) is 11.8. The highest BCUT2D eigenvalue weighted by atomic mass is 16.5. The Bertz CT molecular complexity index is 1050. The molecule has 3 rings (SSSR count). The van der Waals surface area contributed by atoms with Crippen molar-refractivity contribution in [3.05, 3.63) is 53.2 Å². The smallest absolute Gasteiger partial charge is 0.259 e. The molecule has 1 N–H and O–H groups in total. The van der Waals surface area contributed by atoms with Crippen molar-refractivity contribution in [2.45, 2.75) is 39.3 Å². The first kappa shape index (κ1) is 25.5. The molecule has 0 spiro atoms. The summed E-state index contributed by atoms with van der Waals surface area (Å²) in [6.07, 6.45) is 2.54. The average molecular weight is 466 g/mol. The summed E-state index contributed by atoms with van der Waals surface area (Å²) in [4.78, 5) is 22.0. The summed E-state index contributed by atoms with van der Waals surface area (Å²) >= 11 is 0. The number of methoxy groups -OCH3 is 1. The zero-order valence-corrected chi connectivity index (χ0v) is 20.7. The van der Waals surface area contributed by atoms with Gasteiger partial charge in [-0.1, -0.05) is 37.8 Å². The average Bonchev–Trinajstić information content (AvgIpc) is 2.84. The van der Waals surface area contributed by atoms with E-state index in [0.717, 1.165) is 25.1 Å². The van der Waals surface area contributed by atoms with E-state index in [2.05, 4.69) is 42.6 Å². The summed E-state index contributed by atoms with van der Waals surface area (Å²) < 4.78 is 11.7. The molecule has 0 saturated heterocycles. The van der Waals surface area contributed by atoms with E-state index in [1.54, 1.807) is 24.3 Å². The Morgan fingerprint density at radius 1 is 1.35 bits per heavy atom. The van der Waals surface area contributed by atoms with Crippen LogP contribution < -0.4 is 9.47 Å². The molecule has 1 aromatic carbocycles. The monoisotopic (exact) mass is 465 g/mol. The Hall–Kier alpha value is -3.08. The van der Waals surface area contributed by atoms with Gasteiger partial charge < -0.3 is 24.4 Å². The van der Waals surface area contributed by atoms with E-state index in [-0.39, 0.29) is 30.6 Å². The predicted octanol–water partition coefficient (Wildman–Crippen LogP) is 3.05. The van der Waals surface area contributed by atoms with Gasteiger partial charge in [0.25, 0.3) is 5.91 Å². The molecule has 1 aliphatic rings. The zero-order chi connectivity index (χ0) is 24.7. The van der Waals surface area contributed by atoms with Crippen molar-refractivity contribution in [3.8, 4) is 23.5 Å². The van der Waals surface area contributed by atoms with Crippen LogP contribution in [0.3, 0.4) is 0 Å². The minimum absolute atomic E-state index is 0.0669. The number of nitrogens with zero attached hydrogens (tertiary/aromatic N) is 3. The van der Waals surface area contributed by atoms with Gasteiger partial charge in [-0.05, 0) is 45.1 Å². The zero-order valence-electron chi connectivity index (χ0n) is 20.7. The van der Waals surface area contributed by atoms with Crippen LogP contribution >= 0.6 is 0 Å². The lowest BCUT2D eigenvalue weighted by Gasteiger charge is -2.37. The molecule has 7 heteroatoms. The number of aliphatic hydroxyl groups is 1. The number of rotatable bonds is 7. The second kappa shape index (κ2) is 11.9. The molecule has 3 atom stereocenters. The van der Waals surface area contributed by atoms with E-state index in [0.29, 0.717) is 29.3 Å². The third-order valence-electron chi connectivity index (χ3n) is 6.07. The number of hydrogen-bond acceptors (Lipinski definition) is 6. The highest BCUT2D eigenvalue weighted by Crippen LogP contribution is 2.27. The van der Waals surface area contributed by atoms with E-state index < -0.39 is 0 Å². The molecule has 0 radical (unpaired) electrons. The van der Waals surface area contributed by atoms with Crippen LogP contribution in [0.15, 0.2) is 36.5 Å². The number of carbonyl (C=O) groups excluding carboxylic acids is 1. The molecule has 0 unspecified atom stereocenters. The van der Waals surface area contributed by atoms with Crippen molar-refractivity contribution in [1.29, 1.82) is 0 Å². The SMILES string of the molecule is CCCN(C)C[C@H]1Oc2ncc(C#Cc3ccccc3OC)cc2C(=O)N([C@@H](C)CO)C[C@H]1C. The highest BCUT2D eigenvalue weighted by Gasteiger charge is 2.34. The first-order chi connectivity index (χ1) is 16.4. The fraction of sp³-hybridized carbons (Fsp3) is 0.481. The molecule has 0 fully saturated rings. The number of aromatic nitrogens is 1. The van der Waals surface area contributed by atoms with Gasteiger partial charge in [0.1, 0.15) is 17.4 Å². The van der Waals surface area contributed by atoms with Crippen LogP contribution in [0.4, 0.5) is 0 Å². The molecule has 1 aliphatic heterocycles. The fourth-order valence-electron chi connectivity index (χ4n) is 4.06. The first-order valence-electron chi connectivity index (χ1n) is 11.8. The van der Waals surface area contributed by atoms with Crippen LogP contribution in [0.25, 0.3) is 0 Å². The van der Waals surface area contributed by atoms with Gasteiger partial charge in [-0.15, -0.1) is 0 Å². The van der Waals surface area contributed by atoms with Crippen LogP contribution in [-0.2, 0) is 0 Å². The lowest BCUT2D eigenvalue weighted by molar-refractivity contribution is 0.0331. The van der Waals surface area contributed by atoms with Gasteiger partial charge in [0.05, 0.1) is 25.3 Å². The van der Waals surface area contributed by atoms with Crippen LogP contribution in [-0.4, -0.2) is 78.3 Å². The second-order valence-electron chi connectivity index (χ2n) is 8.91. The van der Waals surface area contributed by atoms with Gasteiger partial charge in [0, 0.05) is 30.8 Å². The normalized spacial score (nSPS) is 18.8. The molecule has 7 nitrogen and oxygen atoms in total. The molecular weight excluding hydrogens is 430 g/mol. The largest absolute Gasteiger partial charge is 0.495 e. The maximum absolute atomic E-state index is 13.5. The van der Waals surface area contributed by atoms with E-state index in [9.17, 15) is 9.90 Å². The molecule has 34 heavy (non-hydrogen) atoms. The van der Waals surface area contributed by atoms with Gasteiger partial charge >= 0.3 is 0 Å². The molecule has 1 amide bonds. The van der Waals surface area contributed by atoms with Gasteiger partial charge in [0.2, 0.25) is 5.88 Å². The van der Waals surface area contributed by atoms with Crippen molar-refractivity contribution in [1.82, 2.24) is 14.8 Å². The number of hydrogen-bond donors (Lipinski definition) is 1. The van der Waals surface area contributed by atoms with Crippen molar-refractivity contribution in [2.24, 2.45) is 5.92 Å². The number of benzene rings is 1. The third-order valence-corrected chi connectivity index (χ3v) is 6.07. The topological polar surface area (TPSA) is 75.1 Å². The Morgan fingerprint density at radius 3 is 2.82 bits per heavy atom. The van der Waals surface area contributed by atoms with Crippen LogP contribution in [0, 0.1) is 17.8 Å². The minimum Gasteiger partial charge on any atom is -0.495 e. The van der Waals surface area contributed by atoms with E-state index in [4.69, 9.17) is 9.47 Å². The lowest BCUT2D eigenvalue weighted by atomic mass is 10.00. The standard InChI is InChI=1S/C27H35N3O4/c1-6-13-29(4)17-25-19(2)16-30(20(3)18-31)27(32)23-14-21(15-28-26(23)34-25)11-12-22-9-7-8-10-24(22)33-5/h7-10,14-15,19-20,25,31H,6,13,16-18H2,1-5H3/t19-,20+,25-/m1/s1. The quantitative estimate of drug-likeness (QED) is 0.634. The molecule has 0 aliphatic carbocycles. The van der Waals surface area contributed by atoms with Gasteiger partial charge in [0.15, 0.2) is 0 Å². The molecule has 2 heterocycles. The van der Waals surface area contributed by atoms with Crippen molar-refractivity contribution in [2.75, 3.05) is 40.4 Å². The molecule has 2 aromatic rings. The lowest BCUT2D eigenvalue weighted by Crippen LogP contribution is -2.50. The summed E-state index contributed by atoms with van der Waals surface area (Å²) in [5.41, 5.74) is 1.72. The maximum Gasteiger partial charge on any atom is 0.259 e. The van der Waals surface area contributed by atoms with Crippen molar-refractivity contribution >= 4 is 5.91 Å². The molecular formula is C27H35N3O4. The number of likely N-dealkylation sites (N-methyl/N-ethyl adjacent to an activating group) is 1. The Balaban J connectivity index is 1.99.